The molecular weight excluding hydrogens is 255 g/mol. The molecule has 0 saturated heterocycles. The molecule has 0 amide bonds. The third kappa shape index (κ3) is 2.87. The summed E-state index contributed by atoms with van der Waals surface area (Å²) in [7, 11) is 0. The van der Waals surface area contributed by atoms with E-state index < -0.39 is 5.82 Å². The first-order valence-corrected chi connectivity index (χ1v) is 5.66. The highest BCUT2D eigenvalue weighted by Gasteiger charge is 2.05. The SMILES string of the molecule is Cc1cc(Cl)ccc1Oc1cc(F)cc(C=O)c1. The Morgan fingerprint density at radius 3 is 2.67 bits per heavy atom. The third-order valence-electron chi connectivity index (χ3n) is 2.39. The van der Waals surface area contributed by atoms with Crippen molar-refractivity contribution in [3.05, 3.63) is 58.4 Å². The van der Waals surface area contributed by atoms with Crippen LogP contribution in [0.5, 0.6) is 11.5 Å². The second-order valence-electron chi connectivity index (χ2n) is 3.85. The normalized spacial score (nSPS) is 10.2. The molecule has 18 heavy (non-hydrogen) atoms. The molecule has 0 fully saturated rings. The summed E-state index contributed by atoms with van der Waals surface area (Å²) in [6, 6.07) is 8.98. The van der Waals surface area contributed by atoms with E-state index in [1.54, 1.807) is 18.2 Å². The lowest BCUT2D eigenvalue weighted by Crippen LogP contribution is -1.91. The zero-order chi connectivity index (χ0) is 13.1. The molecule has 0 heterocycles. The molecule has 0 aliphatic rings. The van der Waals surface area contributed by atoms with Gasteiger partial charge in [-0.3, -0.25) is 4.79 Å². The van der Waals surface area contributed by atoms with Crippen LogP contribution in [-0.2, 0) is 0 Å². The standard InChI is InChI=1S/C14H10ClFO2/c1-9-4-11(15)2-3-14(9)18-13-6-10(8-17)5-12(16)7-13/h2-8H,1H3. The van der Waals surface area contributed by atoms with E-state index >= 15 is 0 Å². The molecule has 0 saturated carbocycles. The number of aryl methyl sites for hydroxylation is 1. The fourth-order valence-corrected chi connectivity index (χ4v) is 1.79. The number of rotatable bonds is 3. The molecule has 4 heteroatoms. The van der Waals surface area contributed by atoms with Crippen LogP contribution in [0.25, 0.3) is 0 Å². The van der Waals surface area contributed by atoms with Gasteiger partial charge in [0.25, 0.3) is 0 Å². The summed E-state index contributed by atoms with van der Waals surface area (Å²) in [6.45, 7) is 1.83. The number of ether oxygens (including phenoxy) is 1. The summed E-state index contributed by atoms with van der Waals surface area (Å²) in [6.07, 6.45) is 0.574. The first-order chi connectivity index (χ1) is 8.58. The molecule has 2 aromatic carbocycles. The van der Waals surface area contributed by atoms with Crippen molar-refractivity contribution in [2.75, 3.05) is 0 Å². The minimum absolute atomic E-state index is 0.233. The number of hydrogen-bond acceptors (Lipinski definition) is 2. The molecule has 0 aliphatic heterocycles. The largest absolute Gasteiger partial charge is 0.457 e. The summed E-state index contributed by atoms with van der Waals surface area (Å²) >= 11 is 5.83. The summed E-state index contributed by atoms with van der Waals surface area (Å²) in [5.74, 6) is 0.339. The first-order valence-electron chi connectivity index (χ1n) is 5.28. The van der Waals surface area contributed by atoms with Crippen LogP contribution < -0.4 is 4.74 Å². The lowest BCUT2D eigenvalue weighted by atomic mass is 10.2. The van der Waals surface area contributed by atoms with Gasteiger partial charge in [-0.15, -0.1) is 0 Å². The molecular formula is C14H10ClFO2. The van der Waals surface area contributed by atoms with Crippen molar-refractivity contribution in [1.82, 2.24) is 0 Å². The van der Waals surface area contributed by atoms with Crippen LogP contribution >= 0.6 is 11.6 Å². The van der Waals surface area contributed by atoms with Gasteiger partial charge >= 0.3 is 0 Å². The van der Waals surface area contributed by atoms with Gasteiger partial charge in [-0.2, -0.15) is 0 Å². The number of carbonyl (C=O) groups is 1. The number of halogens is 2. The summed E-state index contributed by atoms with van der Waals surface area (Å²) in [5.41, 5.74) is 1.07. The van der Waals surface area contributed by atoms with E-state index in [1.807, 2.05) is 6.92 Å². The highest BCUT2D eigenvalue weighted by atomic mass is 35.5. The van der Waals surface area contributed by atoms with Crippen molar-refractivity contribution in [2.24, 2.45) is 0 Å². The van der Waals surface area contributed by atoms with Crippen LogP contribution in [0.4, 0.5) is 4.39 Å². The van der Waals surface area contributed by atoms with Crippen molar-refractivity contribution >= 4 is 17.9 Å². The van der Waals surface area contributed by atoms with Crippen LogP contribution in [0, 0.1) is 12.7 Å². The quantitative estimate of drug-likeness (QED) is 0.769. The van der Waals surface area contributed by atoms with Crippen molar-refractivity contribution < 1.29 is 13.9 Å². The third-order valence-corrected chi connectivity index (χ3v) is 2.63. The fraction of sp³-hybridized carbons (Fsp3) is 0.0714. The smallest absolute Gasteiger partial charge is 0.150 e. The summed E-state index contributed by atoms with van der Waals surface area (Å²) < 4.78 is 18.8. The van der Waals surface area contributed by atoms with E-state index in [0.717, 1.165) is 11.6 Å². The molecule has 0 aromatic heterocycles. The number of carbonyl (C=O) groups excluding carboxylic acids is 1. The van der Waals surface area contributed by atoms with E-state index in [9.17, 15) is 9.18 Å². The highest BCUT2D eigenvalue weighted by molar-refractivity contribution is 6.30. The monoisotopic (exact) mass is 264 g/mol. The van der Waals surface area contributed by atoms with Gasteiger partial charge in [-0.1, -0.05) is 11.6 Å². The minimum Gasteiger partial charge on any atom is -0.457 e. The van der Waals surface area contributed by atoms with Crippen molar-refractivity contribution in [2.45, 2.75) is 6.92 Å². The second-order valence-corrected chi connectivity index (χ2v) is 4.29. The Hall–Kier alpha value is -1.87. The van der Waals surface area contributed by atoms with Gasteiger partial charge in [0.2, 0.25) is 0 Å². The molecule has 0 bridgehead atoms. The lowest BCUT2D eigenvalue weighted by Gasteiger charge is -2.09. The first kappa shape index (κ1) is 12.6. The van der Waals surface area contributed by atoms with E-state index in [0.29, 0.717) is 17.1 Å². The van der Waals surface area contributed by atoms with Crippen LogP contribution in [0.1, 0.15) is 15.9 Å². The van der Waals surface area contributed by atoms with Crippen molar-refractivity contribution in [3.8, 4) is 11.5 Å². The summed E-state index contributed by atoms with van der Waals surface area (Å²) in [5, 5.41) is 0.604. The Morgan fingerprint density at radius 2 is 2.00 bits per heavy atom. The molecule has 0 radical (unpaired) electrons. The van der Waals surface area contributed by atoms with Crippen molar-refractivity contribution in [3.63, 3.8) is 0 Å². The predicted molar refractivity (Wildman–Crippen MR) is 68.1 cm³/mol. The van der Waals surface area contributed by atoms with E-state index in [2.05, 4.69) is 0 Å². The Kier molecular flexibility index (Phi) is 3.63. The molecule has 0 aliphatic carbocycles. The maximum atomic E-state index is 13.2. The number of aldehydes is 1. The molecule has 92 valence electrons. The average Bonchev–Trinajstić information content (AvgIpc) is 2.32. The van der Waals surface area contributed by atoms with E-state index in [-0.39, 0.29) is 11.3 Å². The average molecular weight is 265 g/mol. The minimum atomic E-state index is -0.513. The number of benzene rings is 2. The second kappa shape index (κ2) is 5.19. The molecule has 0 unspecified atom stereocenters. The van der Waals surface area contributed by atoms with Crippen LogP contribution in [0.2, 0.25) is 5.02 Å². The van der Waals surface area contributed by atoms with Crippen LogP contribution in [-0.4, -0.2) is 6.29 Å². The Labute approximate surface area is 109 Å². The van der Waals surface area contributed by atoms with Crippen LogP contribution in [0.3, 0.4) is 0 Å². The Bertz CT molecular complexity index is 596. The summed E-state index contributed by atoms with van der Waals surface area (Å²) in [4.78, 5) is 10.6. The van der Waals surface area contributed by atoms with Gasteiger partial charge in [-0.25, -0.2) is 4.39 Å². The maximum absolute atomic E-state index is 13.2. The van der Waals surface area contributed by atoms with Crippen LogP contribution in [0.15, 0.2) is 36.4 Å². The number of hydrogen-bond donors (Lipinski definition) is 0. The zero-order valence-electron chi connectivity index (χ0n) is 9.61. The van der Waals surface area contributed by atoms with Gasteiger partial charge in [0.1, 0.15) is 23.6 Å². The topological polar surface area (TPSA) is 26.3 Å². The maximum Gasteiger partial charge on any atom is 0.150 e. The van der Waals surface area contributed by atoms with E-state index in [4.69, 9.17) is 16.3 Å². The molecule has 0 N–H and O–H groups in total. The lowest BCUT2D eigenvalue weighted by molar-refractivity contribution is 0.112. The highest BCUT2D eigenvalue weighted by Crippen LogP contribution is 2.28. The fourth-order valence-electron chi connectivity index (χ4n) is 1.57. The van der Waals surface area contributed by atoms with Gasteiger partial charge in [0.05, 0.1) is 0 Å². The van der Waals surface area contributed by atoms with Gasteiger partial charge in [0.15, 0.2) is 0 Å². The molecule has 0 atom stereocenters. The molecule has 0 spiro atoms. The molecule has 2 nitrogen and oxygen atoms in total. The predicted octanol–water partition coefficient (Wildman–Crippen LogP) is 4.39. The van der Waals surface area contributed by atoms with Crippen molar-refractivity contribution in [1.29, 1.82) is 0 Å². The van der Waals surface area contributed by atoms with E-state index in [1.165, 1.54) is 12.1 Å². The van der Waals surface area contributed by atoms with Gasteiger partial charge in [0, 0.05) is 16.7 Å². The molecule has 2 rings (SSSR count). The molecule has 2 aromatic rings. The van der Waals surface area contributed by atoms with Gasteiger partial charge < -0.3 is 4.74 Å². The van der Waals surface area contributed by atoms with Gasteiger partial charge in [-0.05, 0) is 42.8 Å². The zero-order valence-corrected chi connectivity index (χ0v) is 10.4. The Morgan fingerprint density at radius 1 is 1.22 bits per heavy atom. The Balaban J connectivity index is 2.33.